The molecule has 2 aromatic rings. The molecule has 2 aliphatic carbocycles. The second-order valence-corrected chi connectivity index (χ2v) is 8.64. The van der Waals surface area contributed by atoms with Crippen molar-refractivity contribution in [2.24, 2.45) is 5.41 Å². The lowest BCUT2D eigenvalue weighted by Crippen LogP contribution is -2.51. The number of hydrogen-bond acceptors (Lipinski definition) is 4. The predicted octanol–water partition coefficient (Wildman–Crippen LogP) is 4.62. The van der Waals surface area contributed by atoms with E-state index in [0.717, 1.165) is 24.0 Å². The number of amides is 1. The van der Waals surface area contributed by atoms with Crippen LogP contribution in [-0.4, -0.2) is 35.0 Å². The van der Waals surface area contributed by atoms with Gasteiger partial charge in [-0.05, 0) is 35.8 Å². The molecule has 0 bridgehead atoms. The van der Waals surface area contributed by atoms with E-state index in [2.05, 4.69) is 0 Å². The Bertz CT molecular complexity index is 946. The molecular formula is C23H22ClNO4. The molecule has 2 saturated carbocycles. The standard InChI is InChI=1S/C23H22ClNO4/c1-28-20(26)19(24)23(14-22(23)12-13-22)25-17(15-8-4-2-5-9-15)18(29-21(25)27)16-10-6-3-7-11-16/h2-11,17-19H,12-14H2,1H3/t17-,18+,19-,23-/m1/s1. The van der Waals surface area contributed by atoms with Gasteiger partial charge in [0.15, 0.2) is 11.5 Å². The molecule has 0 N–H and O–H groups in total. The number of carbonyl (C=O) groups excluding carboxylic acids is 2. The van der Waals surface area contributed by atoms with Crippen LogP contribution in [0, 0.1) is 5.41 Å². The van der Waals surface area contributed by atoms with Crippen LogP contribution in [0.5, 0.6) is 0 Å². The fourth-order valence-corrected chi connectivity index (χ4v) is 5.61. The largest absolute Gasteiger partial charge is 0.468 e. The van der Waals surface area contributed by atoms with E-state index in [0.29, 0.717) is 6.42 Å². The predicted molar refractivity (Wildman–Crippen MR) is 107 cm³/mol. The van der Waals surface area contributed by atoms with Crippen molar-refractivity contribution in [1.29, 1.82) is 0 Å². The number of esters is 1. The molecule has 5 nitrogen and oxygen atoms in total. The summed E-state index contributed by atoms with van der Waals surface area (Å²) in [5.74, 6) is -0.502. The van der Waals surface area contributed by atoms with E-state index in [-0.39, 0.29) is 11.5 Å². The van der Waals surface area contributed by atoms with Crippen LogP contribution in [0.1, 0.15) is 42.5 Å². The quantitative estimate of drug-likeness (QED) is 0.532. The maximum absolute atomic E-state index is 13.3. The molecule has 150 valence electrons. The summed E-state index contributed by atoms with van der Waals surface area (Å²) < 4.78 is 10.9. The van der Waals surface area contributed by atoms with Crippen molar-refractivity contribution >= 4 is 23.7 Å². The average Bonchev–Trinajstić information content (AvgIpc) is 3.65. The molecule has 2 aromatic carbocycles. The first-order chi connectivity index (χ1) is 14.0. The normalized spacial score (nSPS) is 30.0. The molecule has 3 fully saturated rings. The van der Waals surface area contributed by atoms with Gasteiger partial charge in [0.2, 0.25) is 0 Å². The van der Waals surface area contributed by atoms with Crippen LogP contribution in [0.3, 0.4) is 0 Å². The van der Waals surface area contributed by atoms with Gasteiger partial charge >= 0.3 is 12.1 Å². The average molecular weight is 412 g/mol. The van der Waals surface area contributed by atoms with E-state index in [1.165, 1.54) is 7.11 Å². The molecule has 1 heterocycles. The van der Waals surface area contributed by atoms with Crippen molar-refractivity contribution in [3.8, 4) is 0 Å². The molecule has 0 unspecified atom stereocenters. The van der Waals surface area contributed by atoms with Crippen LogP contribution in [0.15, 0.2) is 60.7 Å². The highest BCUT2D eigenvalue weighted by Gasteiger charge is 2.83. The zero-order valence-electron chi connectivity index (χ0n) is 16.1. The van der Waals surface area contributed by atoms with Gasteiger partial charge in [0.05, 0.1) is 12.6 Å². The highest BCUT2D eigenvalue weighted by atomic mass is 35.5. The minimum atomic E-state index is -0.928. The molecular weight excluding hydrogens is 390 g/mol. The van der Waals surface area contributed by atoms with E-state index in [1.54, 1.807) is 4.90 Å². The van der Waals surface area contributed by atoms with Crippen LogP contribution in [-0.2, 0) is 14.3 Å². The molecule has 5 rings (SSSR count). The summed E-state index contributed by atoms with van der Waals surface area (Å²) in [6, 6.07) is 19.2. The van der Waals surface area contributed by atoms with Gasteiger partial charge in [0.1, 0.15) is 6.04 Å². The van der Waals surface area contributed by atoms with Crippen molar-refractivity contribution in [2.75, 3.05) is 7.11 Å². The van der Waals surface area contributed by atoms with Gasteiger partial charge in [-0.25, -0.2) is 4.79 Å². The molecule has 29 heavy (non-hydrogen) atoms. The summed E-state index contributed by atoms with van der Waals surface area (Å²) in [7, 11) is 1.33. The van der Waals surface area contributed by atoms with Crippen molar-refractivity contribution in [2.45, 2.75) is 42.3 Å². The SMILES string of the molecule is COC(=O)[C@@H](Cl)[C@]1(N2C(=O)O[C@@H](c3ccccc3)[C@H]2c2ccccc2)CC12CC2. The fourth-order valence-electron chi connectivity index (χ4n) is 5.11. The van der Waals surface area contributed by atoms with Gasteiger partial charge in [-0.15, -0.1) is 11.6 Å². The molecule has 0 aromatic heterocycles. The van der Waals surface area contributed by atoms with E-state index >= 15 is 0 Å². The summed E-state index contributed by atoms with van der Waals surface area (Å²) in [5, 5.41) is -0.928. The highest BCUT2D eigenvalue weighted by Crippen LogP contribution is 2.79. The number of carbonyl (C=O) groups is 2. The van der Waals surface area contributed by atoms with Crippen LogP contribution in [0.25, 0.3) is 0 Å². The Kier molecular flexibility index (Phi) is 4.14. The maximum Gasteiger partial charge on any atom is 0.411 e. The third-order valence-corrected chi connectivity index (χ3v) is 7.31. The second kappa shape index (κ2) is 6.49. The van der Waals surface area contributed by atoms with Gasteiger partial charge in [-0.3, -0.25) is 9.69 Å². The van der Waals surface area contributed by atoms with Crippen molar-refractivity contribution in [3.63, 3.8) is 0 Å². The molecule has 6 heteroatoms. The smallest absolute Gasteiger partial charge is 0.411 e. The number of rotatable bonds is 5. The van der Waals surface area contributed by atoms with Gasteiger partial charge in [-0.2, -0.15) is 0 Å². The topological polar surface area (TPSA) is 55.8 Å². The lowest BCUT2D eigenvalue weighted by molar-refractivity contribution is -0.142. The molecule has 1 saturated heterocycles. The number of hydrogen-bond donors (Lipinski definition) is 0. The van der Waals surface area contributed by atoms with Crippen molar-refractivity contribution in [3.05, 3.63) is 71.8 Å². The summed E-state index contributed by atoms with van der Waals surface area (Å²) in [6.45, 7) is 0. The van der Waals surface area contributed by atoms with E-state index < -0.39 is 29.1 Å². The van der Waals surface area contributed by atoms with Crippen LogP contribution >= 0.6 is 11.6 Å². The maximum atomic E-state index is 13.3. The van der Waals surface area contributed by atoms with E-state index in [1.807, 2.05) is 60.7 Å². The number of alkyl halides is 1. The monoisotopic (exact) mass is 411 g/mol. The van der Waals surface area contributed by atoms with Gasteiger partial charge in [0.25, 0.3) is 0 Å². The molecule has 1 spiro atoms. The van der Waals surface area contributed by atoms with Crippen LogP contribution in [0.2, 0.25) is 0 Å². The second-order valence-electron chi connectivity index (χ2n) is 8.21. The van der Waals surface area contributed by atoms with Gasteiger partial charge in [-0.1, -0.05) is 60.7 Å². The number of nitrogens with zero attached hydrogens (tertiary/aromatic N) is 1. The highest BCUT2D eigenvalue weighted by molar-refractivity contribution is 6.31. The minimum absolute atomic E-state index is 0.106. The number of halogens is 1. The number of methoxy groups -OCH3 is 1. The lowest BCUT2D eigenvalue weighted by Gasteiger charge is -2.35. The van der Waals surface area contributed by atoms with Crippen LogP contribution < -0.4 is 0 Å². The summed E-state index contributed by atoms with van der Waals surface area (Å²) in [6.07, 6.45) is 1.71. The molecule has 1 amide bonds. The lowest BCUT2D eigenvalue weighted by atomic mass is 9.92. The molecule has 4 atom stereocenters. The molecule has 3 aliphatic rings. The third-order valence-electron chi connectivity index (χ3n) is 6.77. The minimum Gasteiger partial charge on any atom is -0.468 e. The Balaban J connectivity index is 1.63. The number of benzene rings is 2. The number of cyclic esters (lactones) is 1. The first kappa shape index (κ1) is 18.5. The third kappa shape index (κ3) is 2.60. The Morgan fingerprint density at radius 3 is 2.21 bits per heavy atom. The van der Waals surface area contributed by atoms with E-state index in [4.69, 9.17) is 21.1 Å². The zero-order valence-corrected chi connectivity index (χ0v) is 16.8. The number of ether oxygens (including phenoxy) is 2. The first-order valence-corrected chi connectivity index (χ1v) is 10.3. The van der Waals surface area contributed by atoms with Crippen molar-refractivity contribution < 1.29 is 19.1 Å². The van der Waals surface area contributed by atoms with Crippen molar-refractivity contribution in [1.82, 2.24) is 4.90 Å². The summed E-state index contributed by atoms with van der Waals surface area (Å²) >= 11 is 6.68. The van der Waals surface area contributed by atoms with Crippen LogP contribution in [0.4, 0.5) is 4.79 Å². The first-order valence-electron chi connectivity index (χ1n) is 9.86. The Hall–Kier alpha value is -2.53. The van der Waals surface area contributed by atoms with Gasteiger partial charge in [0, 0.05) is 0 Å². The van der Waals surface area contributed by atoms with E-state index in [9.17, 15) is 9.59 Å². The Morgan fingerprint density at radius 2 is 1.69 bits per heavy atom. The Morgan fingerprint density at radius 1 is 1.10 bits per heavy atom. The molecule has 1 aliphatic heterocycles. The fraction of sp³-hybridized carbons (Fsp3) is 0.391. The summed E-state index contributed by atoms with van der Waals surface area (Å²) in [5.41, 5.74) is 0.999. The zero-order chi connectivity index (χ0) is 20.2. The Labute approximate surface area is 174 Å². The summed E-state index contributed by atoms with van der Waals surface area (Å²) in [4.78, 5) is 27.4. The van der Waals surface area contributed by atoms with Gasteiger partial charge < -0.3 is 9.47 Å². The molecule has 0 radical (unpaired) electrons.